The van der Waals surface area contributed by atoms with Gasteiger partial charge in [0.25, 0.3) is 0 Å². The Balaban J connectivity index is 2.33. The standard InChI is InChI=1S/C11H20N4O2S/c1-8-10(9(7-12)14-13-8)18(16,17)15-11(2)5-3-4-6-11/h15H,3-7,12H2,1-2H3,(H,13,14). The Hall–Kier alpha value is -0.920. The van der Waals surface area contributed by atoms with E-state index in [1.54, 1.807) is 6.92 Å². The van der Waals surface area contributed by atoms with Crippen LogP contribution >= 0.6 is 0 Å². The topological polar surface area (TPSA) is 101 Å². The van der Waals surface area contributed by atoms with Gasteiger partial charge in [0.1, 0.15) is 4.90 Å². The molecule has 0 radical (unpaired) electrons. The summed E-state index contributed by atoms with van der Waals surface area (Å²) in [6.45, 7) is 3.75. The van der Waals surface area contributed by atoms with E-state index < -0.39 is 10.0 Å². The van der Waals surface area contributed by atoms with Crippen LogP contribution in [0.4, 0.5) is 0 Å². The van der Waals surface area contributed by atoms with Crippen LogP contribution in [-0.4, -0.2) is 24.2 Å². The van der Waals surface area contributed by atoms with Gasteiger partial charge < -0.3 is 5.73 Å². The van der Waals surface area contributed by atoms with Crippen LogP contribution in [0.2, 0.25) is 0 Å². The maximum atomic E-state index is 12.4. The molecule has 1 aromatic rings. The summed E-state index contributed by atoms with van der Waals surface area (Å²) < 4.78 is 27.7. The molecule has 4 N–H and O–H groups in total. The highest BCUT2D eigenvalue weighted by atomic mass is 32.2. The molecule has 0 aliphatic heterocycles. The molecular formula is C11H20N4O2S. The van der Waals surface area contributed by atoms with Crippen molar-refractivity contribution >= 4 is 10.0 Å². The zero-order valence-electron chi connectivity index (χ0n) is 10.8. The van der Waals surface area contributed by atoms with Crippen LogP contribution in [0.1, 0.15) is 44.0 Å². The van der Waals surface area contributed by atoms with Crippen molar-refractivity contribution < 1.29 is 8.42 Å². The van der Waals surface area contributed by atoms with Crippen molar-refractivity contribution in [2.75, 3.05) is 0 Å². The third-order valence-electron chi connectivity index (χ3n) is 3.51. The largest absolute Gasteiger partial charge is 0.325 e. The van der Waals surface area contributed by atoms with Crippen LogP contribution in [0, 0.1) is 6.92 Å². The first-order valence-electron chi connectivity index (χ1n) is 6.16. The lowest BCUT2D eigenvalue weighted by Gasteiger charge is -2.25. The normalized spacial score (nSPS) is 19.3. The summed E-state index contributed by atoms with van der Waals surface area (Å²) >= 11 is 0. The molecule has 0 aromatic carbocycles. The van der Waals surface area contributed by atoms with E-state index in [9.17, 15) is 8.42 Å². The van der Waals surface area contributed by atoms with Gasteiger partial charge in [-0.2, -0.15) is 5.10 Å². The van der Waals surface area contributed by atoms with Crippen molar-refractivity contribution in [3.05, 3.63) is 11.4 Å². The Bertz CT molecular complexity index is 529. The molecule has 7 heteroatoms. The minimum atomic E-state index is -3.56. The van der Waals surface area contributed by atoms with Crippen LogP contribution in [0.15, 0.2) is 4.90 Å². The highest BCUT2D eigenvalue weighted by molar-refractivity contribution is 7.89. The smallest absolute Gasteiger partial charge is 0.244 e. The molecule has 0 saturated heterocycles. The van der Waals surface area contributed by atoms with Gasteiger partial charge in [0.15, 0.2) is 0 Å². The van der Waals surface area contributed by atoms with Crippen molar-refractivity contribution in [1.29, 1.82) is 0 Å². The Kier molecular flexibility index (Phi) is 3.48. The molecule has 1 aromatic heterocycles. The Labute approximate surface area is 107 Å². The van der Waals surface area contributed by atoms with E-state index in [-0.39, 0.29) is 17.0 Å². The first-order valence-corrected chi connectivity index (χ1v) is 7.64. The Morgan fingerprint density at radius 3 is 2.61 bits per heavy atom. The Morgan fingerprint density at radius 2 is 2.06 bits per heavy atom. The number of aryl methyl sites for hydroxylation is 1. The van der Waals surface area contributed by atoms with Gasteiger partial charge in [-0.25, -0.2) is 13.1 Å². The lowest BCUT2D eigenvalue weighted by atomic mass is 10.0. The van der Waals surface area contributed by atoms with Crippen molar-refractivity contribution in [2.24, 2.45) is 5.73 Å². The molecule has 0 bridgehead atoms. The second-order valence-corrected chi connectivity index (χ2v) is 6.82. The van der Waals surface area contributed by atoms with E-state index in [2.05, 4.69) is 14.9 Å². The zero-order chi connectivity index (χ0) is 13.4. The molecule has 102 valence electrons. The van der Waals surface area contributed by atoms with Crippen molar-refractivity contribution in [1.82, 2.24) is 14.9 Å². The fraction of sp³-hybridized carbons (Fsp3) is 0.727. The maximum absolute atomic E-state index is 12.4. The fourth-order valence-corrected chi connectivity index (χ4v) is 4.44. The average Bonchev–Trinajstić information content (AvgIpc) is 2.84. The number of rotatable bonds is 4. The van der Waals surface area contributed by atoms with E-state index in [1.807, 2.05) is 6.92 Å². The number of sulfonamides is 1. The molecular weight excluding hydrogens is 252 g/mol. The van der Waals surface area contributed by atoms with Gasteiger partial charge >= 0.3 is 0 Å². The van der Waals surface area contributed by atoms with Crippen molar-refractivity contribution in [2.45, 2.75) is 56.5 Å². The van der Waals surface area contributed by atoms with Crippen LogP contribution in [0.5, 0.6) is 0 Å². The highest BCUT2D eigenvalue weighted by Crippen LogP contribution is 2.31. The fourth-order valence-electron chi connectivity index (χ4n) is 2.60. The molecule has 1 fully saturated rings. The molecule has 1 aliphatic rings. The number of H-pyrrole nitrogens is 1. The molecule has 6 nitrogen and oxygen atoms in total. The highest BCUT2D eigenvalue weighted by Gasteiger charge is 2.35. The molecule has 18 heavy (non-hydrogen) atoms. The van der Waals surface area contributed by atoms with E-state index in [1.165, 1.54) is 0 Å². The summed E-state index contributed by atoms with van der Waals surface area (Å²) in [4.78, 5) is 0.207. The van der Waals surface area contributed by atoms with E-state index in [0.29, 0.717) is 11.4 Å². The van der Waals surface area contributed by atoms with Gasteiger partial charge in [0, 0.05) is 12.1 Å². The zero-order valence-corrected chi connectivity index (χ0v) is 11.6. The van der Waals surface area contributed by atoms with Crippen LogP contribution in [0.25, 0.3) is 0 Å². The number of aromatic nitrogens is 2. The van der Waals surface area contributed by atoms with Crippen LogP contribution < -0.4 is 10.5 Å². The molecule has 1 aliphatic carbocycles. The third-order valence-corrected chi connectivity index (χ3v) is 5.35. The Morgan fingerprint density at radius 1 is 1.44 bits per heavy atom. The van der Waals surface area contributed by atoms with E-state index in [0.717, 1.165) is 25.7 Å². The van der Waals surface area contributed by atoms with E-state index >= 15 is 0 Å². The summed E-state index contributed by atoms with van der Waals surface area (Å²) in [5.74, 6) is 0. The first-order chi connectivity index (χ1) is 8.38. The summed E-state index contributed by atoms with van der Waals surface area (Å²) in [5.41, 5.74) is 6.11. The maximum Gasteiger partial charge on any atom is 0.244 e. The second kappa shape index (κ2) is 4.64. The molecule has 0 atom stereocenters. The molecule has 1 heterocycles. The number of nitrogens with one attached hydrogen (secondary N) is 2. The first kappa shape index (κ1) is 13.5. The second-order valence-electron chi connectivity index (χ2n) is 5.20. The summed E-state index contributed by atoms with van der Waals surface area (Å²) in [6.07, 6.45) is 3.88. The van der Waals surface area contributed by atoms with Gasteiger partial charge in [-0.15, -0.1) is 0 Å². The third kappa shape index (κ3) is 2.43. The lowest BCUT2D eigenvalue weighted by molar-refractivity contribution is 0.427. The predicted octanol–water partition coefficient (Wildman–Crippen LogP) is 0.788. The van der Waals surface area contributed by atoms with Crippen molar-refractivity contribution in [3.8, 4) is 0 Å². The lowest BCUT2D eigenvalue weighted by Crippen LogP contribution is -2.43. The van der Waals surface area contributed by atoms with Crippen LogP contribution in [-0.2, 0) is 16.6 Å². The molecule has 0 unspecified atom stereocenters. The monoisotopic (exact) mass is 272 g/mol. The molecule has 2 rings (SSSR count). The van der Waals surface area contributed by atoms with Gasteiger partial charge in [0.2, 0.25) is 10.0 Å². The summed E-state index contributed by atoms with van der Waals surface area (Å²) in [5, 5.41) is 6.61. The van der Waals surface area contributed by atoms with Gasteiger partial charge in [-0.3, -0.25) is 5.10 Å². The number of nitrogens with two attached hydrogens (primary N) is 1. The van der Waals surface area contributed by atoms with Gasteiger partial charge in [0.05, 0.1) is 11.4 Å². The number of hydrogen-bond acceptors (Lipinski definition) is 4. The average molecular weight is 272 g/mol. The number of hydrogen-bond donors (Lipinski definition) is 3. The summed E-state index contributed by atoms with van der Waals surface area (Å²) in [7, 11) is -3.56. The number of aromatic amines is 1. The van der Waals surface area contributed by atoms with Gasteiger partial charge in [-0.1, -0.05) is 12.8 Å². The minimum absolute atomic E-state index is 0.108. The molecule has 0 amide bonds. The summed E-state index contributed by atoms with van der Waals surface area (Å²) in [6, 6.07) is 0. The molecule has 0 spiro atoms. The van der Waals surface area contributed by atoms with E-state index in [4.69, 9.17) is 5.73 Å². The predicted molar refractivity (Wildman–Crippen MR) is 68.4 cm³/mol. The molecule has 1 saturated carbocycles. The van der Waals surface area contributed by atoms with Gasteiger partial charge in [-0.05, 0) is 26.7 Å². The minimum Gasteiger partial charge on any atom is -0.325 e. The van der Waals surface area contributed by atoms with Crippen LogP contribution in [0.3, 0.4) is 0 Å². The quantitative estimate of drug-likeness (QED) is 0.754. The SMILES string of the molecule is Cc1[nH]nc(CN)c1S(=O)(=O)NC1(C)CCCC1. The van der Waals surface area contributed by atoms with Crippen molar-refractivity contribution in [3.63, 3.8) is 0 Å². The number of nitrogens with zero attached hydrogens (tertiary/aromatic N) is 1.